The van der Waals surface area contributed by atoms with Gasteiger partial charge in [0, 0.05) is 44.3 Å². The Morgan fingerprint density at radius 3 is 2.54 bits per heavy atom. The normalized spacial score (nSPS) is 14.7. The van der Waals surface area contributed by atoms with Crippen LogP contribution < -0.4 is 5.32 Å². The molecule has 2 amide bonds. The van der Waals surface area contributed by atoms with Crippen LogP contribution in [0.25, 0.3) is 5.69 Å². The van der Waals surface area contributed by atoms with Crippen LogP contribution in [0.15, 0.2) is 48.9 Å². The molecule has 0 aliphatic carbocycles. The minimum atomic E-state index is -0.527. The number of ether oxygens (including phenoxy) is 1. The molecule has 0 radical (unpaired) electrons. The number of piperidine rings is 1. The van der Waals surface area contributed by atoms with Crippen molar-refractivity contribution in [3.8, 4) is 5.69 Å². The minimum absolute atomic E-state index is 0.111. The fourth-order valence-corrected chi connectivity index (χ4v) is 4.32. The number of hydrogen-bond acceptors (Lipinski definition) is 4. The van der Waals surface area contributed by atoms with Crippen molar-refractivity contribution in [2.75, 3.05) is 13.1 Å². The van der Waals surface area contributed by atoms with Gasteiger partial charge in [0.2, 0.25) is 0 Å². The number of aryl methyl sites for hydroxylation is 1. The highest BCUT2D eigenvalue weighted by Gasteiger charge is 2.28. The van der Waals surface area contributed by atoms with Gasteiger partial charge in [-0.05, 0) is 70.4 Å². The van der Waals surface area contributed by atoms with Crippen LogP contribution in [-0.2, 0) is 11.3 Å². The van der Waals surface area contributed by atoms with Crippen molar-refractivity contribution < 1.29 is 18.7 Å². The highest BCUT2D eigenvalue weighted by atomic mass is 19.1. The van der Waals surface area contributed by atoms with Gasteiger partial charge in [0.1, 0.15) is 22.9 Å². The summed E-state index contributed by atoms with van der Waals surface area (Å²) in [6.07, 6.45) is 6.39. The van der Waals surface area contributed by atoms with E-state index in [9.17, 15) is 14.0 Å². The van der Waals surface area contributed by atoms with Crippen molar-refractivity contribution >= 4 is 12.0 Å². The predicted octanol–water partition coefficient (Wildman–Crippen LogP) is 4.62. The Morgan fingerprint density at radius 2 is 1.91 bits per heavy atom. The van der Waals surface area contributed by atoms with E-state index in [1.807, 2.05) is 44.5 Å². The summed E-state index contributed by atoms with van der Waals surface area (Å²) in [6, 6.07) is 8.65. The molecule has 3 aromatic rings. The number of likely N-dealkylation sites (tertiary alicyclic amines) is 1. The molecule has 8 nitrogen and oxygen atoms in total. The van der Waals surface area contributed by atoms with E-state index in [1.54, 1.807) is 40.1 Å². The molecule has 1 N–H and O–H groups in total. The molecule has 1 aliphatic rings. The summed E-state index contributed by atoms with van der Waals surface area (Å²) < 4.78 is 23.8. The van der Waals surface area contributed by atoms with Gasteiger partial charge in [0.25, 0.3) is 5.91 Å². The number of rotatable bonds is 5. The third-order valence-corrected chi connectivity index (χ3v) is 6.07. The van der Waals surface area contributed by atoms with Gasteiger partial charge < -0.3 is 24.1 Å². The second-order valence-corrected chi connectivity index (χ2v) is 9.81. The van der Waals surface area contributed by atoms with Gasteiger partial charge in [-0.2, -0.15) is 0 Å². The molecule has 3 heterocycles. The summed E-state index contributed by atoms with van der Waals surface area (Å²) in [4.78, 5) is 31.1. The van der Waals surface area contributed by atoms with Gasteiger partial charge in [0.15, 0.2) is 0 Å². The van der Waals surface area contributed by atoms with Crippen LogP contribution in [0.4, 0.5) is 9.18 Å². The molecular weight excluding hydrogens is 449 g/mol. The van der Waals surface area contributed by atoms with Crippen molar-refractivity contribution in [2.24, 2.45) is 0 Å². The maximum absolute atomic E-state index is 14.7. The molecular formula is C26H32FN5O3. The summed E-state index contributed by atoms with van der Waals surface area (Å²) >= 11 is 0. The Bertz CT molecular complexity index is 1200. The number of nitrogens with one attached hydrogen (secondary N) is 1. The van der Waals surface area contributed by atoms with E-state index in [0.29, 0.717) is 35.9 Å². The average molecular weight is 482 g/mol. The summed E-state index contributed by atoms with van der Waals surface area (Å²) in [6.45, 7) is 8.72. The topological polar surface area (TPSA) is 81.4 Å². The van der Waals surface area contributed by atoms with Crippen LogP contribution in [-0.4, -0.2) is 49.7 Å². The molecule has 186 valence electrons. The predicted molar refractivity (Wildman–Crippen MR) is 130 cm³/mol. The standard InChI is InChI=1S/C26H32FN5O3/c1-18-28-11-15-31(18)22-8-7-19(16-21(22)27)17-29-24(33)23-6-5-12-32(23)20-9-13-30(14-10-20)25(34)35-26(2,3)4/h5-8,11-12,15-16,20H,9-10,13-14,17H2,1-4H3,(H,29,33). The summed E-state index contributed by atoms with van der Waals surface area (Å²) in [5.74, 6) is 0.0973. The molecule has 1 aliphatic heterocycles. The van der Waals surface area contributed by atoms with Gasteiger partial charge >= 0.3 is 6.09 Å². The average Bonchev–Trinajstić information content (AvgIpc) is 3.46. The lowest BCUT2D eigenvalue weighted by Crippen LogP contribution is -2.42. The van der Waals surface area contributed by atoms with E-state index >= 15 is 0 Å². The first-order chi connectivity index (χ1) is 16.6. The smallest absolute Gasteiger partial charge is 0.410 e. The summed E-state index contributed by atoms with van der Waals surface area (Å²) in [5, 5.41) is 2.90. The number of nitrogens with zero attached hydrogens (tertiary/aromatic N) is 4. The Labute approximate surface area is 204 Å². The van der Waals surface area contributed by atoms with Crippen LogP contribution in [0.3, 0.4) is 0 Å². The maximum atomic E-state index is 14.7. The van der Waals surface area contributed by atoms with Gasteiger partial charge in [0.05, 0.1) is 5.69 Å². The van der Waals surface area contributed by atoms with E-state index in [1.165, 1.54) is 6.07 Å². The molecule has 9 heteroatoms. The molecule has 1 fully saturated rings. The zero-order valence-corrected chi connectivity index (χ0v) is 20.6. The minimum Gasteiger partial charge on any atom is -0.444 e. The second-order valence-electron chi connectivity index (χ2n) is 9.81. The van der Waals surface area contributed by atoms with Crippen molar-refractivity contribution in [1.82, 2.24) is 24.3 Å². The molecule has 2 aromatic heterocycles. The zero-order chi connectivity index (χ0) is 25.2. The quantitative estimate of drug-likeness (QED) is 0.576. The highest BCUT2D eigenvalue weighted by Crippen LogP contribution is 2.26. The first kappa shape index (κ1) is 24.5. The van der Waals surface area contributed by atoms with E-state index in [2.05, 4.69) is 10.3 Å². The number of amides is 2. The number of benzene rings is 1. The fraction of sp³-hybridized carbons (Fsp3) is 0.423. The van der Waals surface area contributed by atoms with E-state index in [4.69, 9.17) is 4.74 Å². The van der Waals surface area contributed by atoms with Gasteiger partial charge in [-0.15, -0.1) is 0 Å². The Hall–Kier alpha value is -3.62. The summed E-state index contributed by atoms with van der Waals surface area (Å²) in [5.41, 5.74) is 1.11. The van der Waals surface area contributed by atoms with Crippen LogP contribution in [0.2, 0.25) is 0 Å². The first-order valence-electron chi connectivity index (χ1n) is 11.8. The third kappa shape index (κ3) is 5.72. The molecule has 0 spiro atoms. The maximum Gasteiger partial charge on any atom is 0.410 e. The molecule has 4 rings (SSSR count). The second kappa shape index (κ2) is 9.93. The molecule has 35 heavy (non-hydrogen) atoms. The Balaban J connectivity index is 1.35. The molecule has 1 aromatic carbocycles. The van der Waals surface area contributed by atoms with E-state index in [-0.39, 0.29) is 30.4 Å². The molecule has 1 saturated heterocycles. The van der Waals surface area contributed by atoms with Crippen LogP contribution in [0.1, 0.15) is 61.5 Å². The van der Waals surface area contributed by atoms with Crippen molar-refractivity contribution in [3.05, 3.63) is 71.8 Å². The largest absolute Gasteiger partial charge is 0.444 e. The van der Waals surface area contributed by atoms with Crippen molar-refractivity contribution in [3.63, 3.8) is 0 Å². The summed E-state index contributed by atoms with van der Waals surface area (Å²) in [7, 11) is 0. The number of hydrogen-bond donors (Lipinski definition) is 1. The third-order valence-electron chi connectivity index (χ3n) is 6.07. The van der Waals surface area contributed by atoms with Crippen LogP contribution in [0.5, 0.6) is 0 Å². The number of halogens is 1. The zero-order valence-electron chi connectivity index (χ0n) is 20.6. The van der Waals surface area contributed by atoms with Crippen LogP contribution in [0, 0.1) is 12.7 Å². The molecule has 0 unspecified atom stereocenters. The van der Waals surface area contributed by atoms with Gasteiger partial charge in [-0.3, -0.25) is 4.79 Å². The fourth-order valence-electron chi connectivity index (χ4n) is 4.32. The lowest BCUT2D eigenvalue weighted by atomic mass is 10.0. The van der Waals surface area contributed by atoms with Crippen molar-refractivity contribution in [2.45, 2.75) is 58.7 Å². The van der Waals surface area contributed by atoms with E-state index in [0.717, 1.165) is 12.8 Å². The number of carbonyl (C=O) groups excluding carboxylic acids is 2. The van der Waals surface area contributed by atoms with Crippen LogP contribution >= 0.6 is 0 Å². The lowest BCUT2D eigenvalue weighted by molar-refractivity contribution is 0.0187. The highest BCUT2D eigenvalue weighted by molar-refractivity contribution is 5.92. The molecule has 0 saturated carbocycles. The van der Waals surface area contributed by atoms with Crippen molar-refractivity contribution in [1.29, 1.82) is 0 Å². The van der Waals surface area contributed by atoms with Gasteiger partial charge in [-0.1, -0.05) is 6.07 Å². The van der Waals surface area contributed by atoms with Gasteiger partial charge in [-0.25, -0.2) is 14.2 Å². The lowest BCUT2D eigenvalue weighted by Gasteiger charge is -2.34. The monoisotopic (exact) mass is 481 g/mol. The Kier molecular flexibility index (Phi) is 6.95. The van der Waals surface area contributed by atoms with E-state index < -0.39 is 5.60 Å². The number of imidazole rings is 1. The molecule has 0 atom stereocenters. The Morgan fingerprint density at radius 1 is 1.17 bits per heavy atom. The first-order valence-corrected chi connectivity index (χ1v) is 11.8. The number of aromatic nitrogens is 3. The SMILES string of the molecule is Cc1nccn1-c1ccc(CNC(=O)c2cccn2C2CCN(C(=O)OC(C)(C)C)CC2)cc1F. The molecule has 0 bridgehead atoms. The number of carbonyl (C=O) groups is 2.